The van der Waals surface area contributed by atoms with E-state index in [1.54, 1.807) is 13.0 Å². The molecule has 2 aliphatic rings. The number of nitrogens with one attached hydrogen (secondary N) is 1. The van der Waals surface area contributed by atoms with Crippen LogP contribution in [0.3, 0.4) is 0 Å². The first-order valence-corrected chi connectivity index (χ1v) is 10.4. The van der Waals surface area contributed by atoms with E-state index in [2.05, 4.69) is 15.5 Å². The maximum absolute atomic E-state index is 12.7. The summed E-state index contributed by atoms with van der Waals surface area (Å²) in [7, 11) is 0. The molecule has 4 rings (SSSR count). The molecule has 2 aromatic rings. The fourth-order valence-corrected chi connectivity index (χ4v) is 4.88. The molecule has 0 atom stereocenters. The Labute approximate surface area is 162 Å². The molecule has 1 aliphatic heterocycles. The predicted octanol–water partition coefficient (Wildman–Crippen LogP) is 3.55. The number of carbonyl (C=O) groups excluding carboxylic acids is 2. The van der Waals surface area contributed by atoms with Gasteiger partial charge in [-0.2, -0.15) is 0 Å². The average molecular weight is 388 g/mol. The Morgan fingerprint density at radius 3 is 2.89 bits per heavy atom. The third-order valence-electron chi connectivity index (χ3n) is 5.35. The first kappa shape index (κ1) is 18.2. The second-order valence-corrected chi connectivity index (χ2v) is 8.52. The Morgan fingerprint density at radius 1 is 1.33 bits per heavy atom. The van der Waals surface area contributed by atoms with Crippen molar-refractivity contribution in [1.82, 2.24) is 15.0 Å². The number of hydrogen-bond acceptors (Lipinski definition) is 6. The van der Waals surface area contributed by atoms with E-state index in [9.17, 15) is 9.59 Å². The largest absolute Gasteiger partial charge is 0.361 e. The van der Waals surface area contributed by atoms with Gasteiger partial charge < -0.3 is 9.42 Å². The molecule has 3 heterocycles. The van der Waals surface area contributed by atoms with Crippen LogP contribution < -0.4 is 5.32 Å². The smallest absolute Gasteiger partial charge is 0.279 e. The molecule has 0 bridgehead atoms. The van der Waals surface area contributed by atoms with E-state index in [1.165, 1.54) is 43.4 Å². The number of hydrogen-bond donors (Lipinski definition) is 1. The minimum Gasteiger partial charge on any atom is -0.361 e. The zero-order valence-electron chi connectivity index (χ0n) is 15.5. The number of rotatable bonds is 4. The molecule has 1 saturated carbocycles. The first-order valence-electron chi connectivity index (χ1n) is 9.59. The SMILES string of the molecule is Cc1cc(C(=O)Nc2nc3c(s2)CN(C(=O)CC2CCCCC2)CC3)no1. The molecule has 0 aromatic carbocycles. The molecule has 7 nitrogen and oxygen atoms in total. The van der Waals surface area contributed by atoms with Gasteiger partial charge in [0.05, 0.1) is 12.2 Å². The summed E-state index contributed by atoms with van der Waals surface area (Å²) in [6.07, 6.45) is 7.59. The number of aromatic nitrogens is 2. The lowest BCUT2D eigenvalue weighted by molar-refractivity contribution is -0.133. The van der Waals surface area contributed by atoms with Gasteiger partial charge in [-0.15, -0.1) is 0 Å². The number of fused-ring (bicyclic) bond motifs is 1. The van der Waals surface area contributed by atoms with Gasteiger partial charge in [0.25, 0.3) is 5.91 Å². The molecule has 144 valence electrons. The van der Waals surface area contributed by atoms with Gasteiger partial charge in [-0.25, -0.2) is 4.98 Å². The fraction of sp³-hybridized carbons (Fsp3) is 0.579. The van der Waals surface area contributed by atoms with Crippen molar-refractivity contribution in [2.24, 2.45) is 5.92 Å². The van der Waals surface area contributed by atoms with Gasteiger partial charge in [0.2, 0.25) is 5.91 Å². The minimum absolute atomic E-state index is 0.241. The van der Waals surface area contributed by atoms with Crippen molar-refractivity contribution in [2.75, 3.05) is 11.9 Å². The van der Waals surface area contributed by atoms with Crippen LogP contribution in [0.25, 0.3) is 0 Å². The lowest BCUT2D eigenvalue weighted by Crippen LogP contribution is -2.36. The lowest BCUT2D eigenvalue weighted by Gasteiger charge is -2.29. The highest BCUT2D eigenvalue weighted by Crippen LogP contribution is 2.31. The Morgan fingerprint density at radius 2 is 2.15 bits per heavy atom. The standard InChI is InChI=1S/C19H24N4O3S/c1-12-9-15(22-26-12)18(25)21-19-20-14-7-8-23(11-16(14)27-19)17(24)10-13-5-3-2-4-6-13/h9,13H,2-8,10-11H2,1H3,(H,20,21,25). The van der Waals surface area contributed by atoms with Gasteiger partial charge in [0, 0.05) is 30.3 Å². The van der Waals surface area contributed by atoms with E-state index < -0.39 is 0 Å². The van der Waals surface area contributed by atoms with Crippen LogP contribution in [0.15, 0.2) is 10.6 Å². The molecule has 0 radical (unpaired) electrons. The van der Waals surface area contributed by atoms with Gasteiger partial charge in [0.15, 0.2) is 10.8 Å². The number of aryl methyl sites for hydroxylation is 1. The highest BCUT2D eigenvalue weighted by Gasteiger charge is 2.27. The summed E-state index contributed by atoms with van der Waals surface area (Å²) in [5.41, 5.74) is 1.22. The Bertz CT molecular complexity index is 838. The molecular formula is C19H24N4O3S. The first-order chi connectivity index (χ1) is 13.1. The van der Waals surface area contributed by atoms with Crippen LogP contribution in [0.1, 0.15) is 65.3 Å². The summed E-state index contributed by atoms with van der Waals surface area (Å²) in [6.45, 7) is 3.04. The van der Waals surface area contributed by atoms with E-state index in [-0.39, 0.29) is 17.5 Å². The molecule has 0 spiro atoms. The van der Waals surface area contributed by atoms with Crippen molar-refractivity contribution < 1.29 is 14.1 Å². The molecule has 8 heteroatoms. The Hall–Kier alpha value is -2.22. The molecule has 0 unspecified atom stereocenters. The van der Waals surface area contributed by atoms with Crippen LogP contribution in [0.4, 0.5) is 5.13 Å². The van der Waals surface area contributed by atoms with Crippen molar-refractivity contribution in [3.8, 4) is 0 Å². The van der Waals surface area contributed by atoms with Crippen LogP contribution >= 0.6 is 11.3 Å². The Balaban J connectivity index is 1.37. The zero-order valence-corrected chi connectivity index (χ0v) is 16.3. The van der Waals surface area contributed by atoms with E-state index >= 15 is 0 Å². The Kier molecular flexibility index (Phi) is 5.24. The molecule has 1 aliphatic carbocycles. The van der Waals surface area contributed by atoms with E-state index in [0.29, 0.717) is 36.3 Å². The zero-order chi connectivity index (χ0) is 18.8. The fourth-order valence-electron chi connectivity index (χ4n) is 3.86. The minimum atomic E-state index is -0.330. The number of amides is 2. The summed E-state index contributed by atoms with van der Waals surface area (Å²) < 4.78 is 4.94. The van der Waals surface area contributed by atoms with Crippen LogP contribution in [0.5, 0.6) is 0 Å². The summed E-state index contributed by atoms with van der Waals surface area (Å²) in [5, 5.41) is 7.05. The summed E-state index contributed by atoms with van der Waals surface area (Å²) >= 11 is 1.44. The molecule has 2 aromatic heterocycles. The monoisotopic (exact) mass is 388 g/mol. The van der Waals surface area contributed by atoms with Gasteiger partial charge in [-0.05, 0) is 25.7 Å². The molecule has 1 N–H and O–H groups in total. The van der Waals surface area contributed by atoms with Gasteiger partial charge in [0.1, 0.15) is 5.76 Å². The van der Waals surface area contributed by atoms with Crippen molar-refractivity contribution >= 4 is 28.3 Å². The van der Waals surface area contributed by atoms with Gasteiger partial charge in [-0.1, -0.05) is 35.8 Å². The third kappa shape index (κ3) is 4.21. The van der Waals surface area contributed by atoms with Crippen molar-refractivity contribution in [3.63, 3.8) is 0 Å². The maximum atomic E-state index is 12.7. The molecule has 2 amide bonds. The molecular weight excluding hydrogens is 364 g/mol. The summed E-state index contributed by atoms with van der Waals surface area (Å²) in [4.78, 5) is 32.4. The maximum Gasteiger partial charge on any atom is 0.279 e. The van der Waals surface area contributed by atoms with Crippen molar-refractivity contribution in [2.45, 2.75) is 58.4 Å². The molecule has 1 fully saturated rings. The van der Waals surface area contributed by atoms with E-state index in [4.69, 9.17) is 4.52 Å². The third-order valence-corrected chi connectivity index (χ3v) is 6.35. The van der Waals surface area contributed by atoms with Crippen LogP contribution in [0, 0.1) is 12.8 Å². The van der Waals surface area contributed by atoms with E-state index in [0.717, 1.165) is 17.0 Å². The van der Waals surface area contributed by atoms with Gasteiger partial charge in [-0.3, -0.25) is 14.9 Å². The van der Waals surface area contributed by atoms with Crippen molar-refractivity contribution in [1.29, 1.82) is 0 Å². The number of thiazole rings is 1. The second kappa shape index (κ2) is 7.80. The van der Waals surface area contributed by atoms with Crippen LogP contribution in [-0.4, -0.2) is 33.4 Å². The topological polar surface area (TPSA) is 88.3 Å². The number of nitrogens with zero attached hydrogens (tertiary/aromatic N) is 3. The predicted molar refractivity (Wildman–Crippen MR) is 102 cm³/mol. The molecule has 27 heavy (non-hydrogen) atoms. The van der Waals surface area contributed by atoms with E-state index in [1.807, 2.05) is 4.90 Å². The molecule has 0 saturated heterocycles. The van der Waals surface area contributed by atoms with Crippen molar-refractivity contribution in [3.05, 3.63) is 28.1 Å². The highest BCUT2D eigenvalue weighted by molar-refractivity contribution is 7.15. The quantitative estimate of drug-likeness (QED) is 0.865. The number of carbonyl (C=O) groups is 2. The van der Waals surface area contributed by atoms with Crippen LogP contribution in [-0.2, 0) is 17.8 Å². The second-order valence-electron chi connectivity index (χ2n) is 7.44. The average Bonchev–Trinajstić information content (AvgIpc) is 3.27. The normalized spacial score (nSPS) is 17.6. The number of anilines is 1. The summed E-state index contributed by atoms with van der Waals surface area (Å²) in [5.74, 6) is 1.06. The van der Waals surface area contributed by atoms with Gasteiger partial charge >= 0.3 is 0 Å². The lowest BCUT2D eigenvalue weighted by atomic mass is 9.86. The summed E-state index contributed by atoms with van der Waals surface area (Å²) in [6, 6.07) is 1.59. The highest BCUT2D eigenvalue weighted by atomic mass is 32.1. The van der Waals surface area contributed by atoms with Crippen LogP contribution in [0.2, 0.25) is 0 Å².